The lowest BCUT2D eigenvalue weighted by Crippen LogP contribution is -2.13. The summed E-state index contributed by atoms with van der Waals surface area (Å²) in [6, 6.07) is 14.5. The van der Waals surface area contributed by atoms with Crippen LogP contribution in [0.15, 0.2) is 48.5 Å². The summed E-state index contributed by atoms with van der Waals surface area (Å²) in [4.78, 5) is 12.3. The molecule has 0 heterocycles. The smallest absolute Gasteiger partial charge is 0.259 e. The number of benzene rings is 2. The Balaban J connectivity index is 2.06. The number of carbonyl (C=O) groups excluding carboxylic acids is 1. The van der Waals surface area contributed by atoms with Gasteiger partial charge in [-0.05, 0) is 49.7 Å². The van der Waals surface area contributed by atoms with Crippen molar-refractivity contribution < 1.29 is 14.3 Å². The average molecular weight is 299 g/mol. The van der Waals surface area contributed by atoms with Gasteiger partial charge in [0.25, 0.3) is 5.91 Å². The van der Waals surface area contributed by atoms with Gasteiger partial charge in [0.1, 0.15) is 11.5 Å². The zero-order valence-electron chi connectivity index (χ0n) is 13.1. The minimum Gasteiger partial charge on any atom is -0.496 e. The third-order valence-electron chi connectivity index (χ3n) is 3.38. The molecule has 0 aliphatic carbocycles. The number of anilines is 1. The molecule has 1 amide bonds. The van der Waals surface area contributed by atoms with E-state index in [1.165, 1.54) is 0 Å². The van der Waals surface area contributed by atoms with Crippen molar-refractivity contribution in [1.29, 1.82) is 0 Å². The topological polar surface area (TPSA) is 47.6 Å². The summed E-state index contributed by atoms with van der Waals surface area (Å²) in [6.07, 6.45) is 1.13. The second-order valence-corrected chi connectivity index (χ2v) is 5.02. The molecule has 0 aliphatic heterocycles. The summed E-state index contributed by atoms with van der Waals surface area (Å²) in [5, 5.41) is 2.85. The average Bonchev–Trinajstić information content (AvgIpc) is 2.56. The first kappa shape index (κ1) is 15.9. The lowest BCUT2D eigenvalue weighted by Gasteiger charge is -2.13. The summed E-state index contributed by atoms with van der Waals surface area (Å²) in [7, 11) is 1.55. The number of para-hydroxylation sites is 1. The van der Waals surface area contributed by atoms with Gasteiger partial charge in [-0.3, -0.25) is 4.79 Å². The predicted molar refractivity (Wildman–Crippen MR) is 87.8 cm³/mol. The first-order valence-electron chi connectivity index (χ1n) is 7.35. The van der Waals surface area contributed by atoms with E-state index >= 15 is 0 Å². The molecule has 0 fully saturated rings. The molecule has 0 aromatic heterocycles. The van der Waals surface area contributed by atoms with Crippen LogP contribution in [0.25, 0.3) is 0 Å². The van der Waals surface area contributed by atoms with E-state index in [9.17, 15) is 4.79 Å². The highest BCUT2D eigenvalue weighted by Gasteiger charge is 2.11. The monoisotopic (exact) mass is 299 g/mol. The number of hydrogen-bond acceptors (Lipinski definition) is 3. The van der Waals surface area contributed by atoms with Crippen LogP contribution in [0.4, 0.5) is 5.69 Å². The standard InChI is InChI=1S/C18H21NO3/c1-4-13(2)22-15-11-9-14(10-12-15)19-18(20)16-7-5-6-8-17(16)21-3/h5-13H,4H2,1-3H3,(H,19,20). The highest BCUT2D eigenvalue weighted by molar-refractivity contribution is 6.06. The summed E-state index contributed by atoms with van der Waals surface area (Å²) in [5.74, 6) is 1.15. The molecule has 0 spiro atoms. The molecule has 0 radical (unpaired) electrons. The van der Waals surface area contributed by atoms with Crippen molar-refractivity contribution in [3.8, 4) is 11.5 Å². The molecule has 0 bridgehead atoms. The zero-order valence-corrected chi connectivity index (χ0v) is 13.1. The van der Waals surface area contributed by atoms with E-state index in [-0.39, 0.29) is 12.0 Å². The van der Waals surface area contributed by atoms with Gasteiger partial charge in [0, 0.05) is 5.69 Å². The molecule has 0 aliphatic rings. The Morgan fingerprint density at radius 1 is 1.14 bits per heavy atom. The third-order valence-corrected chi connectivity index (χ3v) is 3.38. The molecule has 22 heavy (non-hydrogen) atoms. The maximum absolute atomic E-state index is 12.3. The van der Waals surface area contributed by atoms with E-state index in [2.05, 4.69) is 12.2 Å². The maximum Gasteiger partial charge on any atom is 0.259 e. The Bertz CT molecular complexity index is 622. The first-order valence-corrected chi connectivity index (χ1v) is 7.35. The molecule has 2 aromatic rings. The van der Waals surface area contributed by atoms with Gasteiger partial charge in [-0.15, -0.1) is 0 Å². The Morgan fingerprint density at radius 3 is 2.45 bits per heavy atom. The highest BCUT2D eigenvalue weighted by Crippen LogP contribution is 2.21. The lowest BCUT2D eigenvalue weighted by molar-refractivity contribution is 0.102. The third kappa shape index (κ3) is 4.01. The molecule has 0 saturated carbocycles. The summed E-state index contributed by atoms with van der Waals surface area (Å²) >= 11 is 0. The van der Waals surface area contributed by atoms with Gasteiger partial charge >= 0.3 is 0 Å². The number of rotatable bonds is 6. The Hall–Kier alpha value is -2.49. The van der Waals surface area contributed by atoms with Crippen LogP contribution >= 0.6 is 0 Å². The fourth-order valence-corrected chi connectivity index (χ4v) is 1.96. The van der Waals surface area contributed by atoms with Gasteiger partial charge in [0.2, 0.25) is 0 Å². The van der Waals surface area contributed by atoms with Crippen molar-refractivity contribution in [2.45, 2.75) is 26.4 Å². The number of amides is 1. The normalized spacial score (nSPS) is 11.6. The van der Waals surface area contributed by atoms with E-state index < -0.39 is 0 Å². The number of methoxy groups -OCH3 is 1. The van der Waals surface area contributed by atoms with Crippen LogP contribution in [0.3, 0.4) is 0 Å². The maximum atomic E-state index is 12.3. The summed E-state index contributed by atoms with van der Waals surface area (Å²) < 4.78 is 10.9. The van der Waals surface area contributed by atoms with Gasteiger partial charge in [-0.25, -0.2) is 0 Å². The zero-order chi connectivity index (χ0) is 15.9. The van der Waals surface area contributed by atoms with Crippen molar-refractivity contribution in [2.24, 2.45) is 0 Å². The fourth-order valence-electron chi connectivity index (χ4n) is 1.96. The van der Waals surface area contributed by atoms with E-state index in [4.69, 9.17) is 9.47 Å². The molecular formula is C18H21NO3. The predicted octanol–water partition coefficient (Wildman–Crippen LogP) is 4.12. The van der Waals surface area contributed by atoms with Crippen molar-refractivity contribution in [1.82, 2.24) is 0 Å². The number of hydrogen-bond donors (Lipinski definition) is 1. The van der Waals surface area contributed by atoms with E-state index in [1.807, 2.05) is 37.3 Å². The van der Waals surface area contributed by atoms with Gasteiger partial charge < -0.3 is 14.8 Å². The fraction of sp³-hybridized carbons (Fsp3) is 0.278. The van der Waals surface area contributed by atoms with Crippen LogP contribution in [0, 0.1) is 0 Å². The van der Waals surface area contributed by atoms with Crippen LogP contribution in [0.1, 0.15) is 30.6 Å². The molecule has 1 unspecified atom stereocenters. The molecule has 0 saturated heterocycles. The van der Waals surface area contributed by atoms with E-state index in [0.29, 0.717) is 17.0 Å². The van der Waals surface area contributed by atoms with Crippen LogP contribution in [-0.2, 0) is 0 Å². The van der Waals surface area contributed by atoms with Crippen LogP contribution in [0.2, 0.25) is 0 Å². The SMILES string of the molecule is CCC(C)Oc1ccc(NC(=O)c2ccccc2OC)cc1. The van der Waals surface area contributed by atoms with Gasteiger partial charge in [-0.1, -0.05) is 19.1 Å². The highest BCUT2D eigenvalue weighted by atomic mass is 16.5. The molecular weight excluding hydrogens is 278 g/mol. The number of nitrogens with one attached hydrogen (secondary N) is 1. The van der Waals surface area contributed by atoms with Crippen LogP contribution < -0.4 is 14.8 Å². The van der Waals surface area contributed by atoms with Crippen LogP contribution in [0.5, 0.6) is 11.5 Å². The molecule has 116 valence electrons. The molecule has 1 atom stereocenters. The first-order chi connectivity index (χ1) is 10.6. The summed E-state index contributed by atoms with van der Waals surface area (Å²) in [6.45, 7) is 4.10. The van der Waals surface area contributed by atoms with Crippen LogP contribution in [-0.4, -0.2) is 19.1 Å². The van der Waals surface area contributed by atoms with E-state index in [0.717, 1.165) is 12.2 Å². The molecule has 4 nitrogen and oxygen atoms in total. The van der Waals surface area contributed by atoms with Gasteiger partial charge in [-0.2, -0.15) is 0 Å². The quantitative estimate of drug-likeness (QED) is 0.872. The van der Waals surface area contributed by atoms with Gasteiger partial charge in [0.15, 0.2) is 0 Å². The van der Waals surface area contributed by atoms with Crippen molar-refractivity contribution in [2.75, 3.05) is 12.4 Å². The second-order valence-electron chi connectivity index (χ2n) is 5.02. The summed E-state index contributed by atoms with van der Waals surface area (Å²) in [5.41, 5.74) is 1.22. The molecule has 4 heteroatoms. The Labute approximate surface area is 131 Å². The Kier molecular flexibility index (Phi) is 5.42. The number of carbonyl (C=O) groups is 1. The van der Waals surface area contributed by atoms with Crippen molar-refractivity contribution in [3.05, 3.63) is 54.1 Å². The van der Waals surface area contributed by atoms with Crippen molar-refractivity contribution in [3.63, 3.8) is 0 Å². The van der Waals surface area contributed by atoms with Gasteiger partial charge in [0.05, 0.1) is 18.8 Å². The minimum atomic E-state index is -0.201. The minimum absolute atomic E-state index is 0.175. The Morgan fingerprint density at radius 2 is 1.82 bits per heavy atom. The molecule has 1 N–H and O–H groups in total. The largest absolute Gasteiger partial charge is 0.496 e. The molecule has 2 rings (SSSR count). The van der Waals surface area contributed by atoms with E-state index in [1.54, 1.807) is 25.3 Å². The second kappa shape index (κ2) is 7.50. The molecule has 2 aromatic carbocycles. The van der Waals surface area contributed by atoms with Crippen molar-refractivity contribution >= 4 is 11.6 Å². The lowest BCUT2D eigenvalue weighted by atomic mass is 10.2. The number of ether oxygens (including phenoxy) is 2.